The van der Waals surface area contributed by atoms with E-state index < -0.39 is 0 Å². The van der Waals surface area contributed by atoms with Gasteiger partial charge in [-0.1, -0.05) is 31.5 Å². The Hall–Kier alpha value is -0.730. The molecule has 84 valence electrons. The van der Waals surface area contributed by atoms with Crippen molar-refractivity contribution in [1.82, 2.24) is 0 Å². The lowest BCUT2D eigenvalue weighted by Gasteiger charge is -2.19. The fourth-order valence-electron chi connectivity index (χ4n) is 1.10. The standard InChI is InChI=1S/C12H18ClNO/c1-8(2)9(3)15-12-5-4-10(7-14)6-11(12)13/h4-6,8-9H,7,14H2,1-3H3. The third-order valence-electron chi connectivity index (χ3n) is 2.48. The van der Waals surface area contributed by atoms with Crippen LogP contribution in [0, 0.1) is 5.92 Å². The Bertz CT molecular complexity index is 325. The Morgan fingerprint density at radius 1 is 1.33 bits per heavy atom. The van der Waals surface area contributed by atoms with Gasteiger partial charge in [0.1, 0.15) is 5.75 Å². The van der Waals surface area contributed by atoms with E-state index in [9.17, 15) is 0 Å². The average molecular weight is 228 g/mol. The van der Waals surface area contributed by atoms with E-state index in [0.717, 1.165) is 11.3 Å². The van der Waals surface area contributed by atoms with Crippen LogP contribution in [0.2, 0.25) is 5.02 Å². The van der Waals surface area contributed by atoms with Gasteiger partial charge in [0.2, 0.25) is 0 Å². The first-order valence-corrected chi connectivity index (χ1v) is 5.57. The molecule has 0 fully saturated rings. The van der Waals surface area contributed by atoms with Crippen molar-refractivity contribution in [3.8, 4) is 5.75 Å². The highest BCUT2D eigenvalue weighted by atomic mass is 35.5. The molecule has 2 N–H and O–H groups in total. The number of nitrogens with two attached hydrogens (primary N) is 1. The van der Waals surface area contributed by atoms with Crippen molar-refractivity contribution in [2.24, 2.45) is 11.7 Å². The number of ether oxygens (including phenoxy) is 1. The van der Waals surface area contributed by atoms with Crippen molar-refractivity contribution in [2.75, 3.05) is 0 Å². The molecule has 0 aliphatic carbocycles. The number of hydrogen-bond acceptors (Lipinski definition) is 2. The first-order valence-electron chi connectivity index (χ1n) is 5.19. The summed E-state index contributed by atoms with van der Waals surface area (Å²) in [6, 6.07) is 5.67. The maximum atomic E-state index is 6.08. The van der Waals surface area contributed by atoms with Crippen molar-refractivity contribution in [2.45, 2.75) is 33.4 Å². The number of benzene rings is 1. The molecule has 15 heavy (non-hydrogen) atoms. The fraction of sp³-hybridized carbons (Fsp3) is 0.500. The van der Waals surface area contributed by atoms with E-state index in [1.807, 2.05) is 25.1 Å². The molecular formula is C12H18ClNO. The van der Waals surface area contributed by atoms with Gasteiger partial charge < -0.3 is 10.5 Å². The van der Waals surface area contributed by atoms with Gasteiger partial charge in [0.25, 0.3) is 0 Å². The second-order valence-electron chi connectivity index (χ2n) is 4.04. The highest BCUT2D eigenvalue weighted by Crippen LogP contribution is 2.27. The molecular weight excluding hydrogens is 210 g/mol. The normalized spacial score (nSPS) is 12.9. The molecule has 1 rings (SSSR count). The SMILES string of the molecule is CC(C)C(C)Oc1ccc(CN)cc1Cl. The topological polar surface area (TPSA) is 35.2 Å². The predicted molar refractivity (Wildman–Crippen MR) is 64.3 cm³/mol. The van der Waals surface area contributed by atoms with E-state index >= 15 is 0 Å². The molecule has 0 heterocycles. The molecule has 0 amide bonds. The lowest BCUT2D eigenvalue weighted by atomic mass is 10.1. The van der Waals surface area contributed by atoms with Crippen LogP contribution in [0.15, 0.2) is 18.2 Å². The molecule has 1 atom stereocenters. The molecule has 0 spiro atoms. The molecule has 0 radical (unpaired) electrons. The van der Waals surface area contributed by atoms with Gasteiger partial charge in [-0.25, -0.2) is 0 Å². The molecule has 0 saturated heterocycles. The average Bonchev–Trinajstić information content (AvgIpc) is 2.20. The summed E-state index contributed by atoms with van der Waals surface area (Å²) in [6.07, 6.45) is 0.159. The van der Waals surface area contributed by atoms with Crippen LogP contribution in [0.3, 0.4) is 0 Å². The van der Waals surface area contributed by atoms with Crippen molar-refractivity contribution >= 4 is 11.6 Å². The van der Waals surface area contributed by atoms with E-state index in [4.69, 9.17) is 22.1 Å². The van der Waals surface area contributed by atoms with E-state index in [-0.39, 0.29) is 6.10 Å². The van der Waals surface area contributed by atoms with Crippen LogP contribution in [0.5, 0.6) is 5.75 Å². The van der Waals surface area contributed by atoms with Crippen LogP contribution >= 0.6 is 11.6 Å². The van der Waals surface area contributed by atoms with Crippen LogP contribution in [-0.2, 0) is 6.54 Å². The summed E-state index contributed by atoms with van der Waals surface area (Å²) in [7, 11) is 0. The Morgan fingerprint density at radius 3 is 2.47 bits per heavy atom. The summed E-state index contributed by atoms with van der Waals surface area (Å²) in [5.74, 6) is 1.20. The summed E-state index contributed by atoms with van der Waals surface area (Å²) in [4.78, 5) is 0. The van der Waals surface area contributed by atoms with E-state index in [1.165, 1.54) is 0 Å². The molecule has 1 aromatic carbocycles. The van der Waals surface area contributed by atoms with Crippen LogP contribution < -0.4 is 10.5 Å². The largest absolute Gasteiger partial charge is 0.489 e. The Balaban J connectivity index is 2.78. The Kier molecular flexibility index (Phi) is 4.43. The van der Waals surface area contributed by atoms with Gasteiger partial charge in [-0.2, -0.15) is 0 Å². The Morgan fingerprint density at radius 2 is 2.00 bits per heavy atom. The smallest absolute Gasteiger partial charge is 0.138 e. The zero-order chi connectivity index (χ0) is 11.4. The van der Waals surface area contributed by atoms with Crippen molar-refractivity contribution in [3.63, 3.8) is 0 Å². The molecule has 2 nitrogen and oxygen atoms in total. The number of hydrogen-bond donors (Lipinski definition) is 1. The maximum Gasteiger partial charge on any atom is 0.138 e. The minimum absolute atomic E-state index is 0.159. The third kappa shape index (κ3) is 3.40. The van der Waals surface area contributed by atoms with E-state index in [2.05, 4.69) is 13.8 Å². The van der Waals surface area contributed by atoms with Crippen LogP contribution in [-0.4, -0.2) is 6.10 Å². The summed E-state index contributed by atoms with van der Waals surface area (Å²) < 4.78 is 5.73. The zero-order valence-corrected chi connectivity index (χ0v) is 10.2. The highest BCUT2D eigenvalue weighted by Gasteiger charge is 2.11. The quantitative estimate of drug-likeness (QED) is 0.857. The number of rotatable bonds is 4. The van der Waals surface area contributed by atoms with Gasteiger partial charge in [-0.15, -0.1) is 0 Å². The van der Waals surface area contributed by atoms with Crippen LogP contribution in [0.4, 0.5) is 0 Å². The number of halogens is 1. The monoisotopic (exact) mass is 227 g/mol. The van der Waals surface area contributed by atoms with Gasteiger partial charge in [0, 0.05) is 6.54 Å². The van der Waals surface area contributed by atoms with Gasteiger partial charge in [-0.05, 0) is 30.5 Å². The predicted octanol–water partition coefficient (Wildman–Crippen LogP) is 3.22. The van der Waals surface area contributed by atoms with Gasteiger partial charge in [0.05, 0.1) is 11.1 Å². The summed E-state index contributed by atoms with van der Waals surface area (Å²) in [5.41, 5.74) is 6.54. The molecule has 3 heteroatoms. The minimum atomic E-state index is 0.159. The van der Waals surface area contributed by atoms with E-state index in [0.29, 0.717) is 17.5 Å². The summed E-state index contributed by atoms with van der Waals surface area (Å²) >= 11 is 6.08. The zero-order valence-electron chi connectivity index (χ0n) is 9.46. The van der Waals surface area contributed by atoms with Gasteiger partial charge >= 0.3 is 0 Å². The van der Waals surface area contributed by atoms with Crippen molar-refractivity contribution in [3.05, 3.63) is 28.8 Å². The van der Waals surface area contributed by atoms with Crippen LogP contribution in [0.1, 0.15) is 26.3 Å². The summed E-state index contributed by atoms with van der Waals surface area (Å²) in [6.45, 7) is 6.78. The minimum Gasteiger partial charge on any atom is -0.489 e. The molecule has 0 aliphatic rings. The maximum absolute atomic E-state index is 6.08. The first-order chi connectivity index (χ1) is 7.04. The second-order valence-corrected chi connectivity index (χ2v) is 4.44. The summed E-state index contributed by atoms with van der Waals surface area (Å²) in [5, 5.41) is 0.630. The molecule has 0 bridgehead atoms. The molecule has 0 aliphatic heterocycles. The van der Waals surface area contributed by atoms with Crippen molar-refractivity contribution in [1.29, 1.82) is 0 Å². The van der Waals surface area contributed by atoms with E-state index in [1.54, 1.807) is 0 Å². The third-order valence-corrected chi connectivity index (χ3v) is 2.78. The van der Waals surface area contributed by atoms with Crippen LogP contribution in [0.25, 0.3) is 0 Å². The Labute approximate surface area is 96.4 Å². The molecule has 1 unspecified atom stereocenters. The molecule has 0 aromatic heterocycles. The second kappa shape index (κ2) is 5.38. The lowest BCUT2D eigenvalue weighted by molar-refractivity contribution is 0.170. The molecule has 1 aromatic rings. The van der Waals surface area contributed by atoms with Gasteiger partial charge in [-0.3, -0.25) is 0 Å². The molecule has 0 saturated carbocycles. The lowest BCUT2D eigenvalue weighted by Crippen LogP contribution is -2.18. The van der Waals surface area contributed by atoms with Gasteiger partial charge in [0.15, 0.2) is 0 Å². The highest BCUT2D eigenvalue weighted by molar-refractivity contribution is 6.32. The fourth-order valence-corrected chi connectivity index (χ4v) is 1.35. The first kappa shape index (κ1) is 12.3. The van der Waals surface area contributed by atoms with Crippen molar-refractivity contribution < 1.29 is 4.74 Å².